The number of nitrogens with zero attached hydrogens (tertiary/aromatic N) is 3. The van der Waals surface area contributed by atoms with Crippen LogP contribution < -0.4 is 15.0 Å². The number of hydrogen-bond acceptors (Lipinski definition) is 5. The summed E-state index contributed by atoms with van der Waals surface area (Å²) in [5.41, 5.74) is -5.18. The summed E-state index contributed by atoms with van der Waals surface area (Å²) in [7, 11) is 0. The normalized spacial score (nSPS) is 18.4. The first-order chi connectivity index (χ1) is 17.1. The van der Waals surface area contributed by atoms with Crippen molar-refractivity contribution in [2.45, 2.75) is 62.1 Å². The highest BCUT2D eigenvalue weighted by atomic mass is 35.5. The van der Waals surface area contributed by atoms with Crippen molar-refractivity contribution in [3.63, 3.8) is 0 Å². The Labute approximate surface area is 217 Å². The number of benzene rings is 1. The minimum absolute atomic E-state index is 0.0361. The van der Waals surface area contributed by atoms with Crippen LogP contribution in [0.25, 0.3) is 0 Å². The Hall–Kier alpha value is -2.80. The maximum Gasteiger partial charge on any atom is 0.573 e. The van der Waals surface area contributed by atoms with Crippen LogP contribution >= 0.6 is 23.2 Å². The first-order valence-corrected chi connectivity index (χ1v) is 11.6. The van der Waals surface area contributed by atoms with Crippen LogP contribution in [0.2, 0.25) is 5.02 Å². The van der Waals surface area contributed by atoms with Crippen molar-refractivity contribution >= 4 is 40.7 Å². The average molecular weight is 573 g/mol. The summed E-state index contributed by atoms with van der Waals surface area (Å²) in [5, 5.41) is 1.99. The van der Waals surface area contributed by atoms with Crippen LogP contribution in [0.5, 0.6) is 5.75 Å². The molecule has 3 rings (SSSR count). The van der Waals surface area contributed by atoms with Gasteiger partial charge in [-0.1, -0.05) is 23.2 Å². The molecule has 0 unspecified atom stereocenters. The molecule has 7 nitrogen and oxygen atoms in total. The van der Waals surface area contributed by atoms with Crippen molar-refractivity contribution in [1.29, 1.82) is 0 Å². The third-order valence-electron chi connectivity index (χ3n) is 5.87. The molecule has 2 atom stereocenters. The largest absolute Gasteiger partial charge is 0.573 e. The van der Waals surface area contributed by atoms with E-state index in [-0.39, 0.29) is 24.1 Å². The highest BCUT2D eigenvalue weighted by Gasteiger charge is 2.48. The molecule has 0 aliphatic heterocycles. The molecule has 1 fully saturated rings. The standard InChI is InChI=1S/C22H20Cl2F6N4O3/c1-20(12-9-31-11-32-10-12,19(36)33-13-4-6-21(26,27)7-5-13)34(18(35)17(24)25)14-2-3-16(15(23)8-14)37-22(28,29)30/h2-3,8-11,13,17H,4-7H2,1H3,(H,33,36)/t17-,20+/m0/s1. The molecular weight excluding hydrogens is 553 g/mol. The van der Waals surface area contributed by atoms with E-state index in [2.05, 4.69) is 20.0 Å². The Kier molecular flexibility index (Phi) is 8.47. The van der Waals surface area contributed by atoms with Crippen molar-refractivity contribution in [2.75, 3.05) is 4.90 Å². The molecule has 202 valence electrons. The lowest BCUT2D eigenvalue weighted by Gasteiger charge is -2.41. The summed E-state index contributed by atoms with van der Waals surface area (Å²) in [4.78, 5) is 34.9. The zero-order valence-corrected chi connectivity index (χ0v) is 20.5. The Morgan fingerprint density at radius 1 is 1.19 bits per heavy atom. The number of carbonyl (C=O) groups is 2. The molecule has 1 aromatic heterocycles. The number of halogens is 8. The number of aromatic nitrogens is 2. The van der Waals surface area contributed by atoms with Gasteiger partial charge in [0.15, 0.2) is 5.54 Å². The number of nitrogens with one attached hydrogen (secondary N) is 1. The fourth-order valence-corrected chi connectivity index (χ4v) is 4.27. The maximum atomic E-state index is 14.2. The highest BCUT2D eigenvalue weighted by Crippen LogP contribution is 2.40. The third-order valence-corrected chi connectivity index (χ3v) is 6.35. The quantitative estimate of drug-likeness (QED) is 0.349. The van der Waals surface area contributed by atoms with E-state index < -0.39 is 64.9 Å². The zero-order chi connectivity index (χ0) is 27.6. The molecule has 1 N–H and O–H groups in total. The fourth-order valence-electron chi connectivity index (χ4n) is 3.96. The van der Waals surface area contributed by atoms with Crippen LogP contribution in [0.3, 0.4) is 0 Å². The van der Waals surface area contributed by atoms with Crippen LogP contribution in [0.1, 0.15) is 38.2 Å². The average Bonchev–Trinajstić information content (AvgIpc) is 2.81. The van der Waals surface area contributed by atoms with Crippen molar-refractivity contribution in [3.05, 3.63) is 47.5 Å². The third kappa shape index (κ3) is 6.75. The molecule has 2 amide bonds. The van der Waals surface area contributed by atoms with Crippen molar-refractivity contribution < 1.29 is 40.7 Å². The van der Waals surface area contributed by atoms with E-state index in [1.807, 2.05) is 0 Å². The molecule has 15 heteroatoms. The summed E-state index contributed by atoms with van der Waals surface area (Å²) < 4.78 is 83.2. The molecular formula is C22H20Cl2F6N4O3. The molecule has 37 heavy (non-hydrogen) atoms. The van der Waals surface area contributed by atoms with Crippen molar-refractivity contribution in [3.8, 4) is 5.75 Å². The van der Waals surface area contributed by atoms with Crippen LogP contribution in [0.4, 0.5) is 32.0 Å². The second-order valence-corrected chi connectivity index (χ2v) is 9.23. The summed E-state index contributed by atoms with van der Waals surface area (Å²) in [6.07, 6.45) is -2.72. The predicted molar refractivity (Wildman–Crippen MR) is 121 cm³/mol. The van der Waals surface area contributed by atoms with Crippen LogP contribution in [-0.4, -0.2) is 45.7 Å². The first-order valence-electron chi connectivity index (χ1n) is 10.8. The van der Waals surface area contributed by atoms with E-state index >= 15 is 0 Å². The van der Waals surface area contributed by atoms with Gasteiger partial charge < -0.3 is 10.1 Å². The Morgan fingerprint density at radius 3 is 2.30 bits per heavy atom. The molecule has 0 spiro atoms. The Balaban J connectivity index is 2.09. The highest BCUT2D eigenvalue weighted by molar-refractivity contribution is 6.33. The molecule has 1 heterocycles. The minimum atomic E-state index is -5.08. The van der Waals surface area contributed by atoms with E-state index in [1.54, 1.807) is 0 Å². The second-order valence-electron chi connectivity index (χ2n) is 8.44. The molecule has 2 aromatic rings. The molecule has 0 bridgehead atoms. The van der Waals surface area contributed by atoms with Gasteiger partial charge in [-0.2, -0.15) is 0 Å². The lowest BCUT2D eigenvalue weighted by atomic mass is 9.87. The number of carbonyl (C=O) groups excluding carboxylic acids is 2. The number of rotatable bonds is 7. The number of amides is 2. The lowest BCUT2D eigenvalue weighted by Crippen LogP contribution is -2.60. The van der Waals surface area contributed by atoms with Gasteiger partial charge in [0.05, 0.1) is 5.02 Å². The maximum absolute atomic E-state index is 14.2. The summed E-state index contributed by atoms with van der Waals surface area (Å²) in [5.74, 6) is -6.07. The van der Waals surface area contributed by atoms with Gasteiger partial charge in [-0.15, -0.1) is 13.2 Å². The summed E-state index contributed by atoms with van der Waals surface area (Å²) >= 11 is 11.4. The Bertz CT molecular complexity index is 1130. The Morgan fingerprint density at radius 2 is 1.78 bits per heavy atom. The topological polar surface area (TPSA) is 84.4 Å². The SMILES string of the molecule is C[C@](C(=O)NC1CCC(F)(F)CC1)(c1cncnc1)N(C(=O)[C@H](F)Cl)c1ccc(OC(F)(F)F)c(Cl)c1. The van der Waals surface area contributed by atoms with Gasteiger partial charge in [-0.05, 0) is 38.0 Å². The lowest BCUT2D eigenvalue weighted by molar-refractivity contribution is -0.274. The van der Waals surface area contributed by atoms with Gasteiger partial charge >= 0.3 is 6.36 Å². The minimum Gasteiger partial charge on any atom is -0.404 e. The van der Waals surface area contributed by atoms with Crippen LogP contribution in [0, 0.1) is 0 Å². The molecule has 1 saturated carbocycles. The zero-order valence-electron chi connectivity index (χ0n) is 19.0. The second kappa shape index (κ2) is 10.9. The van der Waals surface area contributed by atoms with E-state index in [0.717, 1.165) is 36.9 Å². The summed E-state index contributed by atoms with van der Waals surface area (Å²) in [6.45, 7) is 1.20. The molecule has 1 aromatic carbocycles. The number of alkyl halides is 7. The molecule has 0 saturated heterocycles. The molecule has 0 radical (unpaired) electrons. The molecule has 1 aliphatic carbocycles. The fraction of sp³-hybridized carbons (Fsp3) is 0.455. The number of ether oxygens (including phenoxy) is 1. The monoisotopic (exact) mass is 572 g/mol. The van der Waals surface area contributed by atoms with Gasteiger partial charge in [0.25, 0.3) is 17.4 Å². The first kappa shape index (κ1) is 28.8. The van der Waals surface area contributed by atoms with E-state index in [4.69, 9.17) is 23.2 Å². The van der Waals surface area contributed by atoms with Gasteiger partial charge in [0.1, 0.15) is 12.1 Å². The van der Waals surface area contributed by atoms with Gasteiger partial charge in [-0.3, -0.25) is 14.5 Å². The van der Waals surface area contributed by atoms with Gasteiger partial charge in [0.2, 0.25) is 5.92 Å². The van der Waals surface area contributed by atoms with Gasteiger partial charge in [0, 0.05) is 42.5 Å². The van der Waals surface area contributed by atoms with Crippen molar-refractivity contribution in [1.82, 2.24) is 15.3 Å². The molecule has 1 aliphatic rings. The van der Waals surface area contributed by atoms with E-state index in [9.17, 15) is 35.9 Å². The van der Waals surface area contributed by atoms with E-state index in [1.165, 1.54) is 6.92 Å². The number of anilines is 1. The summed E-state index contributed by atoms with van der Waals surface area (Å²) in [6, 6.07) is 1.88. The van der Waals surface area contributed by atoms with Crippen LogP contribution in [0.15, 0.2) is 36.9 Å². The smallest absolute Gasteiger partial charge is 0.404 e. The number of hydrogen-bond donors (Lipinski definition) is 1. The van der Waals surface area contributed by atoms with E-state index in [0.29, 0.717) is 4.90 Å². The van der Waals surface area contributed by atoms with Crippen LogP contribution in [-0.2, 0) is 15.1 Å². The van der Waals surface area contributed by atoms with Crippen molar-refractivity contribution in [2.24, 2.45) is 0 Å². The van der Waals surface area contributed by atoms with Gasteiger partial charge in [-0.25, -0.2) is 23.1 Å². The predicted octanol–water partition coefficient (Wildman–Crippen LogP) is 5.51.